The fraction of sp³-hybridized carbons (Fsp3) is 0.529. The van der Waals surface area contributed by atoms with Crippen molar-refractivity contribution in [3.63, 3.8) is 0 Å². The zero-order valence-corrected chi connectivity index (χ0v) is 16.7. The Labute approximate surface area is 164 Å². The first-order valence-corrected chi connectivity index (χ1v) is 10.6. The van der Waals surface area contributed by atoms with E-state index in [1.165, 1.54) is 37.1 Å². The van der Waals surface area contributed by atoms with E-state index < -0.39 is 11.9 Å². The maximum atomic E-state index is 12.5. The maximum absolute atomic E-state index is 12.5. The van der Waals surface area contributed by atoms with Crippen molar-refractivity contribution in [1.82, 2.24) is 14.8 Å². The highest BCUT2D eigenvalue weighted by Gasteiger charge is 2.40. The van der Waals surface area contributed by atoms with E-state index in [0.29, 0.717) is 27.1 Å². The van der Waals surface area contributed by atoms with E-state index in [9.17, 15) is 9.59 Å². The number of hydrogen-bond acceptors (Lipinski definition) is 8. The Balaban J connectivity index is 1.48. The van der Waals surface area contributed by atoms with Crippen molar-refractivity contribution in [2.45, 2.75) is 44.3 Å². The smallest absolute Gasteiger partial charge is 0.344 e. The Morgan fingerprint density at radius 2 is 2.15 bits per heavy atom. The lowest BCUT2D eigenvalue weighted by Gasteiger charge is -2.14. The van der Waals surface area contributed by atoms with Gasteiger partial charge in [-0.1, -0.05) is 29.9 Å². The first kappa shape index (κ1) is 18.4. The quantitative estimate of drug-likeness (QED) is 0.559. The summed E-state index contributed by atoms with van der Waals surface area (Å²) in [6, 6.07) is 0. The Morgan fingerprint density at radius 1 is 1.30 bits per heavy atom. The van der Waals surface area contributed by atoms with Crippen LogP contribution in [0, 0.1) is 5.92 Å². The molecule has 10 heteroatoms. The predicted octanol–water partition coefficient (Wildman–Crippen LogP) is 2.24. The average molecular weight is 406 g/mol. The number of hydrogen-bond donors (Lipinski definition) is 0. The molecule has 3 aliphatic rings. The molecule has 4 rings (SSSR count). The van der Waals surface area contributed by atoms with Crippen molar-refractivity contribution in [3.8, 4) is 0 Å². The van der Waals surface area contributed by atoms with Gasteiger partial charge in [-0.2, -0.15) is 4.99 Å². The number of rotatable bonds is 4. The predicted molar refractivity (Wildman–Crippen MR) is 104 cm³/mol. The van der Waals surface area contributed by atoms with Gasteiger partial charge in [0.2, 0.25) is 0 Å². The number of thioether (sulfide) groups is 2. The molecule has 1 unspecified atom stereocenters. The summed E-state index contributed by atoms with van der Waals surface area (Å²) in [5.41, 5.74) is 0.661. The number of carbonyl (C=O) groups is 2. The van der Waals surface area contributed by atoms with Crippen LogP contribution >= 0.6 is 23.5 Å². The molecule has 0 bridgehead atoms. The lowest BCUT2D eigenvalue weighted by atomic mass is 10.00. The number of aromatic nitrogens is 3. The molecule has 4 heterocycles. The summed E-state index contributed by atoms with van der Waals surface area (Å²) in [4.78, 5) is 33.4. The van der Waals surface area contributed by atoms with Gasteiger partial charge in [-0.3, -0.25) is 4.79 Å². The number of amides is 1. The zero-order chi connectivity index (χ0) is 19.0. The highest BCUT2D eigenvalue weighted by Crippen LogP contribution is 2.41. The lowest BCUT2D eigenvalue weighted by Crippen LogP contribution is -2.25. The van der Waals surface area contributed by atoms with E-state index >= 15 is 0 Å². The van der Waals surface area contributed by atoms with Gasteiger partial charge in [0.15, 0.2) is 5.16 Å². The topological polar surface area (TPSA) is 98.8 Å². The van der Waals surface area contributed by atoms with E-state index in [4.69, 9.17) is 4.74 Å². The Morgan fingerprint density at radius 3 is 2.96 bits per heavy atom. The molecule has 142 valence electrons. The summed E-state index contributed by atoms with van der Waals surface area (Å²) >= 11 is 2.69. The molecule has 0 spiro atoms. The van der Waals surface area contributed by atoms with Gasteiger partial charge in [0, 0.05) is 13.0 Å². The second-order valence-corrected chi connectivity index (χ2v) is 8.48. The molecule has 8 nitrogen and oxygen atoms in total. The third kappa shape index (κ3) is 3.47. The van der Waals surface area contributed by atoms with Crippen LogP contribution in [-0.4, -0.2) is 50.4 Å². The minimum absolute atomic E-state index is 0.278. The van der Waals surface area contributed by atoms with Gasteiger partial charge in [-0.05, 0) is 25.3 Å². The standard InChI is InChI=1S/C17H19N5O3S2/c1-9-12-14(23)18-10(19-15(12)27-13(9)16(24)25-2)8-26-17-21-20-11-6-4-3-5-7-22(11)17/h12H,3-8H2,1-2H3. The molecule has 3 aliphatic heterocycles. The van der Waals surface area contributed by atoms with Crippen LogP contribution in [0.1, 0.15) is 32.0 Å². The van der Waals surface area contributed by atoms with Gasteiger partial charge in [-0.25, -0.2) is 9.79 Å². The summed E-state index contributed by atoms with van der Waals surface area (Å²) in [6.07, 6.45) is 4.43. The van der Waals surface area contributed by atoms with Gasteiger partial charge in [-0.15, -0.1) is 10.2 Å². The number of methoxy groups -OCH3 is 1. The number of ether oxygens (including phenoxy) is 1. The van der Waals surface area contributed by atoms with E-state index in [0.717, 1.165) is 36.8 Å². The van der Waals surface area contributed by atoms with E-state index in [2.05, 4.69) is 24.7 Å². The lowest BCUT2D eigenvalue weighted by molar-refractivity contribution is -0.135. The van der Waals surface area contributed by atoms with Gasteiger partial charge >= 0.3 is 5.97 Å². The second-order valence-electron chi connectivity index (χ2n) is 6.50. The molecule has 0 saturated carbocycles. The first-order valence-electron chi connectivity index (χ1n) is 8.80. The van der Waals surface area contributed by atoms with Crippen LogP contribution in [0.3, 0.4) is 0 Å². The number of aryl methyl sites for hydroxylation is 1. The highest BCUT2D eigenvalue weighted by molar-refractivity contribution is 8.18. The molecular weight excluding hydrogens is 386 g/mol. The molecular formula is C17H19N5O3S2. The van der Waals surface area contributed by atoms with Crippen molar-refractivity contribution >= 4 is 46.3 Å². The van der Waals surface area contributed by atoms with Crippen LogP contribution in [0.2, 0.25) is 0 Å². The Kier molecular flexibility index (Phi) is 5.18. The SMILES string of the molecule is COC(=O)C1=C(C)C2C(=O)N=C(CSc3nnc4n3CCCCC4)N=C2S1. The molecule has 1 atom stereocenters. The van der Waals surface area contributed by atoms with Gasteiger partial charge in [0.05, 0.1) is 22.8 Å². The zero-order valence-electron chi connectivity index (χ0n) is 15.1. The average Bonchev–Trinajstić information content (AvgIpc) is 3.11. The number of fused-ring (bicyclic) bond motifs is 2. The van der Waals surface area contributed by atoms with E-state index in [1.54, 1.807) is 6.92 Å². The summed E-state index contributed by atoms with van der Waals surface area (Å²) in [6.45, 7) is 2.68. The van der Waals surface area contributed by atoms with Crippen molar-refractivity contribution in [1.29, 1.82) is 0 Å². The molecule has 0 radical (unpaired) electrons. The molecule has 0 fully saturated rings. The number of amidine groups is 1. The van der Waals surface area contributed by atoms with Crippen LogP contribution in [0.4, 0.5) is 0 Å². The molecule has 1 amide bonds. The fourth-order valence-electron chi connectivity index (χ4n) is 3.34. The van der Waals surface area contributed by atoms with Crippen LogP contribution in [0.5, 0.6) is 0 Å². The number of nitrogens with zero attached hydrogens (tertiary/aromatic N) is 5. The minimum Gasteiger partial charge on any atom is -0.465 e. The van der Waals surface area contributed by atoms with Crippen molar-refractivity contribution in [3.05, 3.63) is 16.3 Å². The van der Waals surface area contributed by atoms with Crippen LogP contribution < -0.4 is 0 Å². The number of aliphatic imine (C=N–C) groups is 2. The third-order valence-electron chi connectivity index (χ3n) is 4.75. The van der Waals surface area contributed by atoms with E-state index in [-0.39, 0.29) is 5.91 Å². The minimum atomic E-state index is -0.554. The van der Waals surface area contributed by atoms with Gasteiger partial charge < -0.3 is 9.30 Å². The summed E-state index contributed by atoms with van der Waals surface area (Å²) in [5.74, 6) is 0.643. The van der Waals surface area contributed by atoms with Crippen molar-refractivity contribution < 1.29 is 14.3 Å². The van der Waals surface area contributed by atoms with Gasteiger partial charge in [0.1, 0.15) is 17.6 Å². The summed E-state index contributed by atoms with van der Waals surface area (Å²) in [5, 5.41) is 10.0. The monoisotopic (exact) mass is 405 g/mol. The largest absolute Gasteiger partial charge is 0.465 e. The molecule has 1 aromatic rings. The highest BCUT2D eigenvalue weighted by atomic mass is 32.2. The Hall–Kier alpha value is -1.94. The molecule has 0 aliphatic carbocycles. The van der Waals surface area contributed by atoms with Crippen LogP contribution in [0.25, 0.3) is 0 Å². The summed E-state index contributed by atoms with van der Waals surface area (Å²) < 4.78 is 6.95. The van der Waals surface area contributed by atoms with Crippen molar-refractivity contribution in [2.24, 2.45) is 15.9 Å². The van der Waals surface area contributed by atoms with Crippen LogP contribution in [-0.2, 0) is 27.3 Å². The maximum Gasteiger partial charge on any atom is 0.344 e. The van der Waals surface area contributed by atoms with Crippen LogP contribution in [0.15, 0.2) is 25.6 Å². The molecule has 27 heavy (non-hydrogen) atoms. The molecule has 0 N–H and O–H groups in total. The fourth-order valence-corrected chi connectivity index (χ4v) is 5.38. The van der Waals surface area contributed by atoms with Crippen molar-refractivity contribution in [2.75, 3.05) is 12.9 Å². The van der Waals surface area contributed by atoms with E-state index in [1.807, 2.05) is 0 Å². The number of esters is 1. The molecule has 1 aromatic heterocycles. The number of carbonyl (C=O) groups excluding carboxylic acids is 2. The second kappa shape index (κ2) is 7.59. The first-order chi connectivity index (χ1) is 13.1. The summed E-state index contributed by atoms with van der Waals surface area (Å²) in [7, 11) is 1.33. The Bertz CT molecular complexity index is 902. The molecule has 0 aromatic carbocycles. The van der Waals surface area contributed by atoms with Gasteiger partial charge in [0.25, 0.3) is 5.91 Å². The normalized spacial score (nSPS) is 22.0. The third-order valence-corrected chi connectivity index (χ3v) is 6.94. The molecule has 0 saturated heterocycles.